The van der Waals surface area contributed by atoms with Gasteiger partial charge in [0.05, 0.1) is 10.0 Å². The van der Waals surface area contributed by atoms with Gasteiger partial charge >= 0.3 is 0 Å². The summed E-state index contributed by atoms with van der Waals surface area (Å²) in [7, 11) is 0. The van der Waals surface area contributed by atoms with Crippen molar-refractivity contribution in [2.75, 3.05) is 6.54 Å². The van der Waals surface area contributed by atoms with Gasteiger partial charge in [0.1, 0.15) is 0 Å². The molecule has 0 aliphatic heterocycles. The number of aromatic amines is 1. The highest BCUT2D eigenvalue weighted by atomic mass is 35.5. The minimum atomic E-state index is -0.145. The van der Waals surface area contributed by atoms with Gasteiger partial charge in [-0.1, -0.05) is 23.2 Å². The first-order chi connectivity index (χ1) is 9.47. The second-order valence-corrected chi connectivity index (χ2v) is 5.55. The van der Waals surface area contributed by atoms with Gasteiger partial charge in [0.2, 0.25) is 0 Å². The molecule has 2 rings (SSSR count). The van der Waals surface area contributed by atoms with Crippen LogP contribution in [0.5, 0.6) is 0 Å². The molecule has 2 N–H and O–H groups in total. The predicted molar refractivity (Wildman–Crippen MR) is 82.8 cm³/mol. The molecule has 3 nitrogen and oxygen atoms in total. The fraction of sp³-hybridized carbons (Fsp3) is 0.267. The lowest BCUT2D eigenvalue weighted by atomic mass is 10.1. The van der Waals surface area contributed by atoms with E-state index in [2.05, 4.69) is 16.4 Å². The van der Waals surface area contributed by atoms with Gasteiger partial charge in [0.15, 0.2) is 0 Å². The third-order valence-corrected chi connectivity index (χ3v) is 3.86. The van der Waals surface area contributed by atoms with Crippen LogP contribution >= 0.6 is 23.2 Å². The number of halogens is 2. The van der Waals surface area contributed by atoms with Gasteiger partial charge in [-0.15, -0.1) is 0 Å². The average Bonchev–Trinajstić information content (AvgIpc) is 2.71. The normalized spacial score (nSPS) is 10.6. The smallest absolute Gasteiger partial charge is 0.251 e. The van der Waals surface area contributed by atoms with Crippen molar-refractivity contribution in [1.29, 1.82) is 0 Å². The molecule has 2 aromatic rings. The van der Waals surface area contributed by atoms with Gasteiger partial charge in [0, 0.05) is 23.5 Å². The Morgan fingerprint density at radius 1 is 1.20 bits per heavy atom. The van der Waals surface area contributed by atoms with Crippen LogP contribution in [-0.2, 0) is 6.42 Å². The number of H-pyrrole nitrogens is 1. The Balaban J connectivity index is 1.92. The van der Waals surface area contributed by atoms with Crippen LogP contribution in [0.3, 0.4) is 0 Å². The van der Waals surface area contributed by atoms with Gasteiger partial charge < -0.3 is 10.3 Å². The Bertz CT molecular complexity index is 635. The highest BCUT2D eigenvalue weighted by Crippen LogP contribution is 2.22. The van der Waals surface area contributed by atoms with Crippen LogP contribution in [0.2, 0.25) is 10.0 Å². The van der Waals surface area contributed by atoms with E-state index in [4.69, 9.17) is 23.2 Å². The number of carbonyl (C=O) groups is 1. The number of aryl methyl sites for hydroxylation is 2. The number of aromatic nitrogens is 1. The maximum atomic E-state index is 12.0. The molecular weight excluding hydrogens is 295 g/mol. The molecule has 0 fully saturated rings. The molecule has 1 aromatic heterocycles. The SMILES string of the molecule is Cc1cc(CCNC(=O)c2ccc(Cl)c(Cl)c2)c(C)[nH]1. The number of rotatable bonds is 4. The fourth-order valence-corrected chi connectivity index (χ4v) is 2.39. The van der Waals surface area contributed by atoms with E-state index in [1.165, 1.54) is 5.56 Å². The molecule has 5 heteroatoms. The van der Waals surface area contributed by atoms with Crippen LogP contribution in [-0.4, -0.2) is 17.4 Å². The maximum absolute atomic E-state index is 12.0. The summed E-state index contributed by atoms with van der Waals surface area (Å²) in [6, 6.07) is 6.96. The van der Waals surface area contributed by atoms with Crippen LogP contribution in [0, 0.1) is 13.8 Å². The van der Waals surface area contributed by atoms with E-state index in [1.54, 1.807) is 18.2 Å². The molecule has 106 valence electrons. The Morgan fingerprint density at radius 3 is 2.55 bits per heavy atom. The minimum Gasteiger partial charge on any atom is -0.362 e. The number of nitrogens with one attached hydrogen (secondary N) is 2. The number of benzene rings is 1. The van der Waals surface area contributed by atoms with Crippen LogP contribution in [0.15, 0.2) is 24.3 Å². The van der Waals surface area contributed by atoms with E-state index in [0.717, 1.165) is 17.8 Å². The molecule has 1 heterocycles. The Hall–Kier alpha value is -1.45. The molecule has 0 radical (unpaired) electrons. The molecule has 0 unspecified atom stereocenters. The number of amides is 1. The van der Waals surface area contributed by atoms with Crippen LogP contribution in [0.4, 0.5) is 0 Å². The number of carbonyl (C=O) groups excluding carboxylic acids is 1. The molecule has 0 spiro atoms. The van der Waals surface area contributed by atoms with Gasteiger partial charge in [-0.05, 0) is 50.1 Å². The topological polar surface area (TPSA) is 44.9 Å². The Morgan fingerprint density at radius 2 is 1.95 bits per heavy atom. The summed E-state index contributed by atoms with van der Waals surface area (Å²) in [6.45, 7) is 4.63. The summed E-state index contributed by atoms with van der Waals surface area (Å²) < 4.78 is 0. The first-order valence-corrected chi connectivity index (χ1v) is 7.11. The lowest BCUT2D eigenvalue weighted by Gasteiger charge is -2.06. The lowest BCUT2D eigenvalue weighted by molar-refractivity contribution is 0.0954. The summed E-state index contributed by atoms with van der Waals surface area (Å²) in [5.41, 5.74) is 4.01. The molecule has 0 atom stereocenters. The zero-order valence-electron chi connectivity index (χ0n) is 11.4. The standard InChI is InChI=1S/C15H16Cl2N2O/c1-9-7-11(10(2)19-9)5-6-18-15(20)12-3-4-13(16)14(17)8-12/h3-4,7-8,19H,5-6H2,1-2H3,(H,18,20). The van der Waals surface area contributed by atoms with Gasteiger partial charge in [-0.25, -0.2) is 0 Å². The number of hydrogen-bond acceptors (Lipinski definition) is 1. The predicted octanol–water partition coefficient (Wildman–Crippen LogP) is 3.91. The minimum absolute atomic E-state index is 0.145. The van der Waals surface area contributed by atoms with Crippen LogP contribution in [0.1, 0.15) is 27.3 Å². The molecule has 0 aliphatic carbocycles. The molecule has 0 saturated carbocycles. The Labute approximate surface area is 128 Å². The van der Waals surface area contributed by atoms with Crippen LogP contribution < -0.4 is 5.32 Å². The van der Waals surface area contributed by atoms with E-state index < -0.39 is 0 Å². The van der Waals surface area contributed by atoms with Crippen LogP contribution in [0.25, 0.3) is 0 Å². The van der Waals surface area contributed by atoms with Gasteiger partial charge in [0.25, 0.3) is 5.91 Å². The van der Waals surface area contributed by atoms with Crippen molar-refractivity contribution in [3.63, 3.8) is 0 Å². The zero-order chi connectivity index (χ0) is 14.7. The summed E-state index contributed by atoms with van der Waals surface area (Å²) in [4.78, 5) is 15.2. The highest BCUT2D eigenvalue weighted by molar-refractivity contribution is 6.42. The second kappa shape index (κ2) is 6.33. The summed E-state index contributed by atoms with van der Waals surface area (Å²) in [5.74, 6) is -0.145. The number of hydrogen-bond donors (Lipinski definition) is 2. The van der Waals surface area contributed by atoms with Crippen molar-refractivity contribution in [1.82, 2.24) is 10.3 Å². The zero-order valence-corrected chi connectivity index (χ0v) is 12.9. The first-order valence-electron chi connectivity index (χ1n) is 6.35. The van der Waals surface area contributed by atoms with E-state index in [0.29, 0.717) is 22.2 Å². The molecule has 1 aromatic carbocycles. The van der Waals surface area contributed by atoms with Crippen molar-refractivity contribution < 1.29 is 4.79 Å². The molecule has 0 saturated heterocycles. The summed E-state index contributed by atoms with van der Waals surface area (Å²) in [6.07, 6.45) is 0.795. The largest absolute Gasteiger partial charge is 0.362 e. The first kappa shape index (κ1) is 14.9. The van der Waals surface area contributed by atoms with E-state index in [-0.39, 0.29) is 5.91 Å². The maximum Gasteiger partial charge on any atom is 0.251 e. The van der Waals surface area contributed by atoms with Crippen molar-refractivity contribution in [3.8, 4) is 0 Å². The van der Waals surface area contributed by atoms with Gasteiger partial charge in [-0.3, -0.25) is 4.79 Å². The van der Waals surface area contributed by atoms with E-state index in [1.807, 2.05) is 13.8 Å². The quantitative estimate of drug-likeness (QED) is 0.883. The van der Waals surface area contributed by atoms with Crippen molar-refractivity contribution in [2.45, 2.75) is 20.3 Å². The van der Waals surface area contributed by atoms with Crippen molar-refractivity contribution in [2.24, 2.45) is 0 Å². The summed E-state index contributed by atoms with van der Waals surface area (Å²) in [5, 5.41) is 3.71. The monoisotopic (exact) mass is 310 g/mol. The third-order valence-electron chi connectivity index (χ3n) is 3.12. The second-order valence-electron chi connectivity index (χ2n) is 4.74. The molecule has 0 aliphatic rings. The van der Waals surface area contributed by atoms with E-state index in [9.17, 15) is 4.79 Å². The molecule has 0 bridgehead atoms. The van der Waals surface area contributed by atoms with Gasteiger partial charge in [-0.2, -0.15) is 0 Å². The van der Waals surface area contributed by atoms with Crippen molar-refractivity contribution >= 4 is 29.1 Å². The molecule has 1 amide bonds. The highest BCUT2D eigenvalue weighted by Gasteiger charge is 2.08. The van der Waals surface area contributed by atoms with Crippen molar-refractivity contribution in [3.05, 3.63) is 56.8 Å². The van der Waals surface area contributed by atoms with E-state index >= 15 is 0 Å². The third kappa shape index (κ3) is 3.56. The molecular formula is C15H16Cl2N2O. The average molecular weight is 311 g/mol. The Kier molecular flexibility index (Phi) is 4.73. The molecule has 20 heavy (non-hydrogen) atoms. The lowest BCUT2D eigenvalue weighted by Crippen LogP contribution is -2.25. The summed E-state index contributed by atoms with van der Waals surface area (Å²) >= 11 is 11.7. The fourth-order valence-electron chi connectivity index (χ4n) is 2.09.